The summed E-state index contributed by atoms with van der Waals surface area (Å²) in [5.74, 6) is -1.37. The van der Waals surface area contributed by atoms with E-state index in [2.05, 4.69) is 21.8 Å². The number of rotatable bonds is 7. The Labute approximate surface area is 202 Å². The van der Waals surface area contributed by atoms with E-state index in [4.69, 9.17) is 4.74 Å². The van der Waals surface area contributed by atoms with Gasteiger partial charge in [0.2, 0.25) is 5.91 Å². The molecule has 8 heteroatoms. The molecule has 184 valence electrons. The minimum absolute atomic E-state index is 0.0619. The predicted octanol–water partition coefficient (Wildman–Crippen LogP) is 5.10. The molecule has 1 aliphatic heterocycles. The molecule has 2 aromatic carbocycles. The van der Waals surface area contributed by atoms with Crippen LogP contribution in [0.5, 0.6) is 0 Å². The third kappa shape index (κ3) is 4.93. The first-order valence-electron chi connectivity index (χ1n) is 11.9. The van der Waals surface area contributed by atoms with Gasteiger partial charge in [0.05, 0.1) is 30.8 Å². The normalized spacial score (nSPS) is 20.0. The number of carbonyl (C=O) groups excluding carboxylic acids is 1. The highest BCUT2D eigenvalue weighted by Crippen LogP contribution is 2.48. The summed E-state index contributed by atoms with van der Waals surface area (Å²) >= 11 is 0. The van der Waals surface area contributed by atoms with Gasteiger partial charge in [0.1, 0.15) is 17.5 Å². The summed E-state index contributed by atoms with van der Waals surface area (Å²) in [5, 5.41) is 3.51. The second kappa shape index (κ2) is 9.77. The molecule has 0 radical (unpaired) electrons. The van der Waals surface area contributed by atoms with E-state index < -0.39 is 11.6 Å². The van der Waals surface area contributed by atoms with Crippen LogP contribution in [0.2, 0.25) is 0 Å². The van der Waals surface area contributed by atoms with Gasteiger partial charge in [-0.25, -0.2) is 13.2 Å². The number of nitrogens with zero attached hydrogens (tertiary/aromatic N) is 1. The van der Waals surface area contributed by atoms with Crippen molar-refractivity contribution in [1.29, 1.82) is 0 Å². The van der Waals surface area contributed by atoms with Crippen LogP contribution < -0.4 is 5.32 Å². The molecule has 0 unspecified atom stereocenters. The average Bonchev–Trinajstić information content (AvgIpc) is 3.18. The van der Waals surface area contributed by atoms with Gasteiger partial charge in [-0.05, 0) is 66.1 Å². The van der Waals surface area contributed by atoms with Crippen LogP contribution in [0.4, 0.5) is 13.2 Å². The van der Waals surface area contributed by atoms with E-state index in [0.29, 0.717) is 30.8 Å². The first-order valence-corrected chi connectivity index (χ1v) is 11.9. The maximum absolute atomic E-state index is 14.5. The van der Waals surface area contributed by atoms with Crippen molar-refractivity contribution >= 4 is 16.8 Å². The number of halogens is 3. The van der Waals surface area contributed by atoms with Gasteiger partial charge in [0, 0.05) is 36.8 Å². The van der Waals surface area contributed by atoms with Crippen LogP contribution in [0, 0.1) is 23.4 Å². The van der Waals surface area contributed by atoms with E-state index in [1.54, 1.807) is 12.1 Å². The van der Waals surface area contributed by atoms with Crippen LogP contribution in [0.3, 0.4) is 0 Å². The summed E-state index contributed by atoms with van der Waals surface area (Å²) in [6.07, 6.45) is 1.82. The van der Waals surface area contributed by atoms with Crippen LogP contribution in [-0.4, -0.2) is 48.6 Å². The number of aromatic amines is 1. The van der Waals surface area contributed by atoms with Crippen molar-refractivity contribution in [1.82, 2.24) is 15.2 Å². The Kier molecular flexibility index (Phi) is 6.56. The van der Waals surface area contributed by atoms with Gasteiger partial charge >= 0.3 is 0 Å². The lowest BCUT2D eigenvalue weighted by molar-refractivity contribution is -0.121. The molecule has 0 spiro atoms. The number of fused-ring (bicyclic) bond motifs is 1. The zero-order valence-electron chi connectivity index (χ0n) is 19.4. The minimum Gasteiger partial charge on any atom is -0.378 e. The summed E-state index contributed by atoms with van der Waals surface area (Å²) in [6.45, 7) is 7.36. The molecule has 3 aromatic rings. The van der Waals surface area contributed by atoms with Gasteiger partial charge < -0.3 is 19.9 Å². The average molecular weight is 484 g/mol. The molecule has 2 aliphatic rings. The predicted molar refractivity (Wildman–Crippen MR) is 128 cm³/mol. The van der Waals surface area contributed by atoms with Crippen molar-refractivity contribution in [2.75, 3.05) is 32.8 Å². The molecule has 5 rings (SSSR count). The molecule has 0 atom stereocenters. The van der Waals surface area contributed by atoms with Gasteiger partial charge in [-0.2, -0.15) is 0 Å². The Morgan fingerprint density at radius 3 is 2.51 bits per heavy atom. The minimum atomic E-state index is -0.654. The molecule has 2 heterocycles. The summed E-state index contributed by atoms with van der Waals surface area (Å²) < 4.78 is 47.4. The van der Waals surface area contributed by atoms with E-state index in [9.17, 15) is 18.0 Å². The van der Waals surface area contributed by atoms with Crippen LogP contribution >= 0.6 is 0 Å². The number of H-pyrrole nitrogens is 1. The zero-order valence-corrected chi connectivity index (χ0v) is 19.4. The standard InChI is InChI=1S/C27H28F3N3O2/c1-16(33-6-8-35-9-7-33)10-24(34)31-15-17-11-19(12-17)25-22-13-21(29)14-23(30)27(22)32-26(25)18-2-4-20(28)5-3-18/h2-5,13-14,17,19,32H,1,6-12,15H2,(H,31,34). The molecule has 2 fully saturated rings. The summed E-state index contributed by atoms with van der Waals surface area (Å²) in [6, 6.07) is 8.19. The van der Waals surface area contributed by atoms with Gasteiger partial charge in [0.15, 0.2) is 0 Å². The molecule has 2 N–H and O–H groups in total. The number of hydrogen-bond donors (Lipinski definition) is 2. The van der Waals surface area contributed by atoms with Crippen LogP contribution in [-0.2, 0) is 9.53 Å². The highest BCUT2D eigenvalue weighted by Gasteiger charge is 2.35. The van der Waals surface area contributed by atoms with Crippen molar-refractivity contribution in [3.05, 3.63) is 71.7 Å². The van der Waals surface area contributed by atoms with Crippen molar-refractivity contribution in [3.63, 3.8) is 0 Å². The molecular formula is C27H28F3N3O2. The highest BCUT2D eigenvalue weighted by atomic mass is 19.1. The first kappa shape index (κ1) is 23.5. The molecule has 1 aliphatic carbocycles. The first-order chi connectivity index (χ1) is 16.9. The van der Waals surface area contributed by atoms with Gasteiger partial charge in [0.25, 0.3) is 0 Å². The monoisotopic (exact) mass is 483 g/mol. The fraction of sp³-hybridized carbons (Fsp3) is 0.370. The summed E-state index contributed by atoms with van der Waals surface area (Å²) in [7, 11) is 0. The van der Waals surface area contributed by atoms with Crippen molar-refractivity contribution in [2.45, 2.75) is 25.2 Å². The maximum atomic E-state index is 14.5. The van der Waals surface area contributed by atoms with E-state index in [0.717, 1.165) is 48.8 Å². The number of benzene rings is 2. The summed E-state index contributed by atoms with van der Waals surface area (Å²) in [4.78, 5) is 17.6. The van der Waals surface area contributed by atoms with E-state index in [1.165, 1.54) is 18.2 Å². The lowest BCUT2D eigenvalue weighted by Crippen LogP contribution is -2.39. The van der Waals surface area contributed by atoms with Gasteiger partial charge in [-0.3, -0.25) is 4.79 Å². The lowest BCUT2D eigenvalue weighted by atomic mass is 9.70. The number of ether oxygens (including phenoxy) is 1. The molecule has 0 bridgehead atoms. The second-order valence-corrected chi connectivity index (χ2v) is 9.41. The van der Waals surface area contributed by atoms with Crippen molar-refractivity contribution in [2.24, 2.45) is 5.92 Å². The number of morpholine rings is 1. The van der Waals surface area contributed by atoms with Crippen LogP contribution in [0.15, 0.2) is 48.7 Å². The van der Waals surface area contributed by atoms with Crippen LogP contribution in [0.1, 0.15) is 30.7 Å². The van der Waals surface area contributed by atoms with Crippen LogP contribution in [0.25, 0.3) is 22.2 Å². The Hall–Kier alpha value is -3.26. The molecule has 1 amide bonds. The maximum Gasteiger partial charge on any atom is 0.225 e. The van der Waals surface area contributed by atoms with Crippen molar-refractivity contribution in [3.8, 4) is 11.3 Å². The van der Waals surface area contributed by atoms with E-state index in [1.807, 2.05) is 0 Å². The SMILES string of the molecule is C=C(CC(=O)NCC1CC(c2c(-c3ccc(F)cc3)[nH]c3c(F)cc(F)cc23)C1)N1CCOCC1. The molecule has 35 heavy (non-hydrogen) atoms. The molecule has 1 saturated heterocycles. The number of nitrogens with one attached hydrogen (secondary N) is 2. The Morgan fingerprint density at radius 1 is 1.09 bits per heavy atom. The van der Waals surface area contributed by atoms with E-state index in [-0.39, 0.29) is 35.5 Å². The Morgan fingerprint density at radius 2 is 1.80 bits per heavy atom. The number of aromatic nitrogens is 1. The second-order valence-electron chi connectivity index (χ2n) is 9.41. The smallest absolute Gasteiger partial charge is 0.225 e. The quantitative estimate of drug-likeness (QED) is 0.492. The number of carbonyl (C=O) groups is 1. The Bertz CT molecular complexity index is 1240. The van der Waals surface area contributed by atoms with Gasteiger partial charge in [-0.1, -0.05) is 6.58 Å². The topological polar surface area (TPSA) is 57.4 Å². The zero-order chi connectivity index (χ0) is 24.5. The molecule has 5 nitrogen and oxygen atoms in total. The van der Waals surface area contributed by atoms with E-state index >= 15 is 0 Å². The fourth-order valence-electron chi connectivity index (χ4n) is 5.14. The van der Waals surface area contributed by atoms with Gasteiger partial charge in [-0.15, -0.1) is 0 Å². The third-order valence-corrected chi connectivity index (χ3v) is 7.05. The molecular weight excluding hydrogens is 455 g/mol. The largest absolute Gasteiger partial charge is 0.378 e. The fourth-order valence-corrected chi connectivity index (χ4v) is 5.14. The molecule has 1 saturated carbocycles. The Balaban J connectivity index is 1.26. The molecule has 1 aromatic heterocycles. The lowest BCUT2D eigenvalue weighted by Gasteiger charge is -2.36. The number of amides is 1. The summed E-state index contributed by atoms with van der Waals surface area (Å²) in [5.41, 5.74) is 3.28. The number of hydrogen-bond acceptors (Lipinski definition) is 3. The highest BCUT2D eigenvalue weighted by molar-refractivity contribution is 5.92. The third-order valence-electron chi connectivity index (χ3n) is 7.05. The van der Waals surface area contributed by atoms with Crippen molar-refractivity contribution < 1.29 is 22.7 Å².